The predicted octanol–water partition coefficient (Wildman–Crippen LogP) is 3.76. The van der Waals surface area contributed by atoms with Gasteiger partial charge in [0.15, 0.2) is 0 Å². The zero-order valence-electron chi connectivity index (χ0n) is 21.6. The highest BCUT2D eigenvalue weighted by molar-refractivity contribution is 6.00. The Hall–Kier alpha value is -3.55. The smallest absolute Gasteiger partial charge is 0.322 e. The van der Waals surface area contributed by atoms with Gasteiger partial charge in [-0.15, -0.1) is 0 Å². The zero-order chi connectivity index (χ0) is 25.8. The molecule has 3 aliphatic heterocycles. The summed E-state index contributed by atoms with van der Waals surface area (Å²) < 4.78 is 5.99. The molecular formula is C29H36N4O4. The summed E-state index contributed by atoms with van der Waals surface area (Å²) in [4.78, 5) is 44.9. The van der Waals surface area contributed by atoms with Gasteiger partial charge in [0.05, 0.1) is 6.61 Å². The Bertz CT molecular complexity index is 1170. The van der Waals surface area contributed by atoms with Crippen LogP contribution in [-0.2, 0) is 11.2 Å². The van der Waals surface area contributed by atoms with Crippen LogP contribution in [0.4, 0.5) is 10.5 Å². The maximum Gasteiger partial charge on any atom is 0.322 e. The number of carbonyl (C=O) groups is 3. The number of hydrogen-bond acceptors (Lipinski definition) is 4. The molecule has 5 rings (SSSR count). The summed E-state index contributed by atoms with van der Waals surface area (Å²) in [5.74, 6) is 0.656. The summed E-state index contributed by atoms with van der Waals surface area (Å²) in [6, 6.07) is 13.7. The summed E-state index contributed by atoms with van der Waals surface area (Å²) in [7, 11) is 0. The summed E-state index contributed by atoms with van der Waals surface area (Å²) in [6.07, 6.45) is 5.52. The minimum atomic E-state index is -0.197. The second-order valence-corrected chi connectivity index (χ2v) is 10.2. The number of piperidine rings is 1. The monoisotopic (exact) mass is 504 g/mol. The van der Waals surface area contributed by atoms with Gasteiger partial charge in [-0.1, -0.05) is 18.2 Å². The highest BCUT2D eigenvalue weighted by atomic mass is 16.5. The van der Waals surface area contributed by atoms with Crippen molar-refractivity contribution >= 4 is 23.5 Å². The molecule has 0 aromatic heterocycles. The van der Waals surface area contributed by atoms with Crippen LogP contribution >= 0.6 is 0 Å². The van der Waals surface area contributed by atoms with Crippen molar-refractivity contribution in [2.75, 3.05) is 44.2 Å². The Morgan fingerprint density at radius 1 is 1.00 bits per heavy atom. The highest BCUT2D eigenvalue weighted by Crippen LogP contribution is 2.26. The third-order valence-corrected chi connectivity index (χ3v) is 7.67. The first-order valence-corrected chi connectivity index (χ1v) is 13.5. The van der Waals surface area contributed by atoms with Crippen LogP contribution in [0.2, 0.25) is 0 Å². The first-order chi connectivity index (χ1) is 18.0. The molecule has 196 valence electrons. The van der Waals surface area contributed by atoms with Gasteiger partial charge >= 0.3 is 6.03 Å². The third-order valence-electron chi connectivity index (χ3n) is 7.67. The van der Waals surface area contributed by atoms with Crippen LogP contribution in [0.3, 0.4) is 0 Å². The van der Waals surface area contributed by atoms with E-state index in [2.05, 4.69) is 17.4 Å². The van der Waals surface area contributed by atoms with Crippen molar-refractivity contribution in [1.29, 1.82) is 0 Å². The molecule has 2 saturated heterocycles. The molecule has 1 atom stereocenters. The van der Waals surface area contributed by atoms with Crippen LogP contribution < -0.4 is 15.0 Å². The minimum absolute atomic E-state index is 0.0102. The zero-order valence-corrected chi connectivity index (χ0v) is 21.6. The van der Waals surface area contributed by atoms with E-state index in [1.807, 2.05) is 30.0 Å². The van der Waals surface area contributed by atoms with Crippen LogP contribution in [-0.4, -0.2) is 73.0 Å². The number of amides is 4. The number of hydrogen-bond donors (Lipinski definition) is 1. The van der Waals surface area contributed by atoms with Gasteiger partial charge < -0.3 is 19.9 Å². The number of anilines is 1. The number of nitrogens with zero attached hydrogens (tertiary/aromatic N) is 3. The fraction of sp³-hybridized carbons (Fsp3) is 0.483. The van der Waals surface area contributed by atoms with Gasteiger partial charge in [-0.2, -0.15) is 0 Å². The van der Waals surface area contributed by atoms with E-state index in [0.717, 1.165) is 55.6 Å². The molecule has 0 aliphatic carbocycles. The van der Waals surface area contributed by atoms with Gasteiger partial charge in [0.1, 0.15) is 12.3 Å². The maximum absolute atomic E-state index is 13.7. The van der Waals surface area contributed by atoms with Crippen LogP contribution in [0.5, 0.6) is 5.75 Å². The van der Waals surface area contributed by atoms with Crippen molar-refractivity contribution in [1.82, 2.24) is 15.1 Å². The van der Waals surface area contributed by atoms with Gasteiger partial charge in [0.2, 0.25) is 5.91 Å². The summed E-state index contributed by atoms with van der Waals surface area (Å²) in [5.41, 5.74) is 3.37. The summed E-state index contributed by atoms with van der Waals surface area (Å²) >= 11 is 0. The van der Waals surface area contributed by atoms with E-state index in [-0.39, 0.29) is 30.4 Å². The molecule has 4 amide bonds. The average molecular weight is 505 g/mol. The number of carbonyl (C=O) groups excluding carboxylic acids is 3. The molecule has 0 saturated carbocycles. The Kier molecular flexibility index (Phi) is 7.63. The van der Waals surface area contributed by atoms with E-state index in [1.165, 1.54) is 5.56 Å². The molecule has 0 spiro atoms. The fourth-order valence-electron chi connectivity index (χ4n) is 5.62. The quantitative estimate of drug-likeness (QED) is 0.675. The average Bonchev–Trinajstić information content (AvgIpc) is 3.34. The SMILES string of the molecule is Cc1ccc(C(=O)N2CCCOc3cccc(c3)CCC3CCCCN3C(=O)C2)cc1N1CCNC1=O. The van der Waals surface area contributed by atoms with Crippen LogP contribution in [0.1, 0.15) is 53.6 Å². The lowest BCUT2D eigenvalue weighted by molar-refractivity contribution is -0.135. The number of nitrogens with one attached hydrogen (secondary N) is 1. The molecule has 0 radical (unpaired) electrons. The topological polar surface area (TPSA) is 82.2 Å². The molecule has 2 fully saturated rings. The second-order valence-electron chi connectivity index (χ2n) is 10.2. The van der Waals surface area contributed by atoms with E-state index in [9.17, 15) is 14.4 Å². The molecular weight excluding hydrogens is 468 g/mol. The first kappa shape index (κ1) is 25.1. The molecule has 2 bridgehead atoms. The molecule has 8 nitrogen and oxygen atoms in total. The minimum Gasteiger partial charge on any atom is -0.494 e. The molecule has 3 aliphatic rings. The Labute approximate surface area is 218 Å². The maximum atomic E-state index is 13.7. The van der Waals surface area contributed by atoms with Gasteiger partial charge in [0, 0.05) is 43.5 Å². The standard InChI is InChI=1S/C29H36N4O4/c1-21-9-11-23(19-26(21)33-16-13-30-29(33)36)28(35)31-14-5-17-37-25-8-4-6-22(18-25)10-12-24-7-2-3-15-32(24)27(34)20-31/h4,6,8-9,11,18-19,24H,2-3,5,7,10,12-17,20H2,1H3,(H,30,36). The predicted molar refractivity (Wildman–Crippen MR) is 142 cm³/mol. The van der Waals surface area contributed by atoms with Gasteiger partial charge in [-0.3, -0.25) is 14.5 Å². The number of fused-ring (bicyclic) bond motifs is 3. The fourth-order valence-corrected chi connectivity index (χ4v) is 5.62. The van der Waals surface area contributed by atoms with E-state index < -0.39 is 0 Å². The Morgan fingerprint density at radius 3 is 2.73 bits per heavy atom. The molecule has 2 aromatic carbocycles. The van der Waals surface area contributed by atoms with Crippen molar-refractivity contribution in [3.63, 3.8) is 0 Å². The molecule has 2 aromatic rings. The van der Waals surface area contributed by atoms with Crippen molar-refractivity contribution in [3.05, 3.63) is 59.2 Å². The van der Waals surface area contributed by atoms with Crippen molar-refractivity contribution in [3.8, 4) is 5.75 Å². The largest absolute Gasteiger partial charge is 0.494 e. The first-order valence-electron chi connectivity index (χ1n) is 13.5. The number of urea groups is 1. The molecule has 1 N–H and O–H groups in total. The van der Waals surface area contributed by atoms with Crippen molar-refractivity contribution in [2.24, 2.45) is 0 Å². The lowest BCUT2D eigenvalue weighted by atomic mass is 9.95. The summed E-state index contributed by atoms with van der Waals surface area (Å²) in [5, 5.41) is 2.82. The summed E-state index contributed by atoms with van der Waals surface area (Å²) in [6.45, 7) is 4.74. The van der Waals surface area contributed by atoms with E-state index in [0.29, 0.717) is 38.2 Å². The van der Waals surface area contributed by atoms with Gasteiger partial charge in [-0.05, 0) is 80.8 Å². The normalized spacial score (nSPS) is 21.1. The van der Waals surface area contributed by atoms with Crippen molar-refractivity contribution < 1.29 is 19.1 Å². The van der Waals surface area contributed by atoms with E-state index in [4.69, 9.17) is 4.74 Å². The van der Waals surface area contributed by atoms with Crippen LogP contribution in [0.15, 0.2) is 42.5 Å². The van der Waals surface area contributed by atoms with Crippen LogP contribution in [0, 0.1) is 6.92 Å². The van der Waals surface area contributed by atoms with E-state index in [1.54, 1.807) is 21.9 Å². The van der Waals surface area contributed by atoms with E-state index >= 15 is 0 Å². The Balaban J connectivity index is 1.39. The number of aryl methyl sites for hydroxylation is 2. The lowest BCUT2D eigenvalue weighted by Gasteiger charge is -2.37. The molecule has 8 heteroatoms. The number of rotatable bonds is 2. The molecule has 37 heavy (non-hydrogen) atoms. The number of ether oxygens (including phenoxy) is 1. The third kappa shape index (κ3) is 5.73. The van der Waals surface area contributed by atoms with Crippen LogP contribution in [0.25, 0.3) is 0 Å². The highest BCUT2D eigenvalue weighted by Gasteiger charge is 2.30. The molecule has 1 unspecified atom stereocenters. The van der Waals surface area contributed by atoms with Gasteiger partial charge in [0.25, 0.3) is 5.91 Å². The second kappa shape index (κ2) is 11.2. The number of benzene rings is 2. The Morgan fingerprint density at radius 2 is 1.89 bits per heavy atom. The van der Waals surface area contributed by atoms with Crippen molar-refractivity contribution in [2.45, 2.75) is 51.5 Å². The molecule has 3 heterocycles. The van der Waals surface area contributed by atoms with Gasteiger partial charge in [-0.25, -0.2) is 4.79 Å². The lowest BCUT2D eigenvalue weighted by Crippen LogP contribution is -2.49.